The minimum atomic E-state index is 0.153. The van der Waals surface area contributed by atoms with Crippen molar-refractivity contribution in [1.29, 1.82) is 0 Å². The van der Waals surface area contributed by atoms with Crippen LogP contribution >= 0.6 is 0 Å². The second-order valence-corrected chi connectivity index (χ2v) is 4.05. The molecule has 1 aromatic rings. The lowest BCUT2D eigenvalue weighted by Gasteiger charge is -2.04. The molecular weight excluding hydrogens is 190 g/mol. The highest BCUT2D eigenvalue weighted by Crippen LogP contribution is 2.18. The molecule has 2 rings (SSSR count). The predicted octanol–water partition coefficient (Wildman–Crippen LogP) is 0.615. The van der Waals surface area contributed by atoms with Crippen molar-refractivity contribution in [3.63, 3.8) is 0 Å². The molecule has 0 radical (unpaired) electrons. The van der Waals surface area contributed by atoms with E-state index in [1.165, 1.54) is 0 Å². The van der Waals surface area contributed by atoms with Crippen molar-refractivity contribution in [2.45, 2.75) is 38.4 Å². The summed E-state index contributed by atoms with van der Waals surface area (Å²) >= 11 is 0. The Morgan fingerprint density at radius 1 is 1.60 bits per heavy atom. The maximum absolute atomic E-state index is 11.4. The highest BCUT2D eigenvalue weighted by Gasteiger charge is 2.22. The number of nitrogens with two attached hydrogens (primary N) is 1. The molecule has 1 aromatic heterocycles. The van der Waals surface area contributed by atoms with Gasteiger partial charge in [-0.25, -0.2) is 0 Å². The molecular formula is C11H17N3O. The molecule has 0 unspecified atom stereocenters. The molecule has 1 aliphatic carbocycles. The minimum absolute atomic E-state index is 0.153. The van der Waals surface area contributed by atoms with Crippen LogP contribution in [-0.4, -0.2) is 16.5 Å². The summed E-state index contributed by atoms with van der Waals surface area (Å²) in [4.78, 5) is 11.4. The van der Waals surface area contributed by atoms with Crippen LogP contribution in [0.2, 0.25) is 0 Å². The van der Waals surface area contributed by atoms with E-state index in [1.54, 1.807) is 0 Å². The van der Waals surface area contributed by atoms with E-state index in [0.29, 0.717) is 19.0 Å². The summed E-state index contributed by atoms with van der Waals surface area (Å²) in [7, 11) is 0. The summed E-state index contributed by atoms with van der Waals surface area (Å²) in [6, 6.07) is 2.44. The van der Waals surface area contributed by atoms with Crippen LogP contribution in [0.4, 0.5) is 0 Å². The van der Waals surface area contributed by atoms with Crippen molar-refractivity contribution in [1.82, 2.24) is 9.88 Å². The third-order valence-corrected chi connectivity index (χ3v) is 2.59. The third kappa shape index (κ3) is 3.09. The van der Waals surface area contributed by atoms with Crippen LogP contribution in [0, 0.1) is 0 Å². The number of carbonyl (C=O) groups excluding carboxylic acids is 1. The number of nitrogens with one attached hydrogen (secondary N) is 1. The molecule has 0 aromatic carbocycles. The van der Waals surface area contributed by atoms with Crippen LogP contribution in [0.25, 0.3) is 0 Å². The second-order valence-electron chi connectivity index (χ2n) is 4.05. The fraction of sp³-hybridized carbons (Fsp3) is 0.545. The van der Waals surface area contributed by atoms with Crippen molar-refractivity contribution in [3.05, 3.63) is 24.0 Å². The normalized spacial score (nSPS) is 15.3. The van der Waals surface area contributed by atoms with E-state index in [0.717, 1.165) is 24.9 Å². The van der Waals surface area contributed by atoms with Gasteiger partial charge in [-0.2, -0.15) is 0 Å². The molecule has 1 heterocycles. The number of aryl methyl sites for hydroxylation is 1. The predicted molar refractivity (Wildman–Crippen MR) is 58.1 cm³/mol. The Kier molecular flexibility index (Phi) is 3.06. The quantitative estimate of drug-likeness (QED) is 0.743. The summed E-state index contributed by atoms with van der Waals surface area (Å²) in [5.41, 5.74) is 6.61. The molecule has 3 N–H and O–H groups in total. The zero-order chi connectivity index (χ0) is 10.7. The van der Waals surface area contributed by atoms with Gasteiger partial charge < -0.3 is 15.6 Å². The van der Waals surface area contributed by atoms with Crippen molar-refractivity contribution < 1.29 is 4.79 Å². The Bertz CT molecular complexity index is 341. The fourth-order valence-corrected chi connectivity index (χ4v) is 1.51. The number of carbonyl (C=O) groups is 1. The molecule has 1 aliphatic rings. The molecule has 15 heavy (non-hydrogen) atoms. The Hall–Kier alpha value is -1.29. The first-order chi connectivity index (χ1) is 7.28. The van der Waals surface area contributed by atoms with Gasteiger partial charge in [0.1, 0.15) is 0 Å². The first-order valence-corrected chi connectivity index (χ1v) is 5.42. The zero-order valence-corrected chi connectivity index (χ0v) is 8.78. The number of aromatic nitrogens is 1. The smallest absolute Gasteiger partial charge is 0.222 e. The van der Waals surface area contributed by atoms with Gasteiger partial charge in [0.2, 0.25) is 5.91 Å². The number of rotatable bonds is 5. The average molecular weight is 207 g/mol. The van der Waals surface area contributed by atoms with E-state index in [-0.39, 0.29) is 5.91 Å². The number of hydrogen-bond acceptors (Lipinski definition) is 2. The van der Waals surface area contributed by atoms with Crippen LogP contribution in [0.5, 0.6) is 0 Å². The standard InChI is InChI=1S/C11H17N3O/c12-7-9-3-5-14(8-9)6-4-11(15)13-10-1-2-10/h3,5,8,10H,1-2,4,6-7,12H2,(H,13,15). The molecule has 4 nitrogen and oxygen atoms in total. The minimum Gasteiger partial charge on any atom is -0.353 e. The van der Waals surface area contributed by atoms with Crippen molar-refractivity contribution in [2.75, 3.05) is 0 Å². The first-order valence-electron chi connectivity index (χ1n) is 5.42. The van der Waals surface area contributed by atoms with Crippen LogP contribution in [0.15, 0.2) is 18.5 Å². The van der Waals surface area contributed by atoms with Crippen LogP contribution in [0.1, 0.15) is 24.8 Å². The Labute approximate surface area is 89.5 Å². The molecule has 0 spiro atoms. The Morgan fingerprint density at radius 2 is 2.40 bits per heavy atom. The van der Waals surface area contributed by atoms with Gasteiger partial charge in [-0.05, 0) is 24.5 Å². The maximum Gasteiger partial charge on any atom is 0.222 e. The molecule has 0 saturated heterocycles. The van der Waals surface area contributed by atoms with Gasteiger partial charge in [-0.1, -0.05) is 0 Å². The van der Waals surface area contributed by atoms with Gasteiger partial charge in [-0.15, -0.1) is 0 Å². The number of hydrogen-bond donors (Lipinski definition) is 2. The van der Waals surface area contributed by atoms with E-state index in [2.05, 4.69) is 5.32 Å². The second kappa shape index (κ2) is 4.49. The first kappa shape index (κ1) is 10.2. The number of nitrogens with zero attached hydrogens (tertiary/aromatic N) is 1. The van der Waals surface area contributed by atoms with Gasteiger partial charge in [0, 0.05) is 37.9 Å². The van der Waals surface area contributed by atoms with Gasteiger partial charge in [0.15, 0.2) is 0 Å². The highest BCUT2D eigenvalue weighted by molar-refractivity contribution is 5.76. The lowest BCUT2D eigenvalue weighted by Crippen LogP contribution is -2.26. The maximum atomic E-state index is 11.4. The molecule has 4 heteroatoms. The zero-order valence-electron chi connectivity index (χ0n) is 8.78. The molecule has 1 saturated carbocycles. The summed E-state index contributed by atoms with van der Waals surface area (Å²) in [5, 5.41) is 2.97. The summed E-state index contributed by atoms with van der Waals surface area (Å²) in [6.07, 6.45) is 6.80. The van der Waals surface area contributed by atoms with Gasteiger partial charge in [0.25, 0.3) is 0 Å². The van der Waals surface area contributed by atoms with Crippen LogP contribution < -0.4 is 11.1 Å². The Morgan fingerprint density at radius 3 is 3.00 bits per heavy atom. The molecule has 1 fully saturated rings. The molecule has 82 valence electrons. The van der Waals surface area contributed by atoms with E-state index in [1.807, 2.05) is 23.0 Å². The lowest BCUT2D eigenvalue weighted by molar-refractivity contribution is -0.121. The number of amides is 1. The van der Waals surface area contributed by atoms with E-state index >= 15 is 0 Å². The van der Waals surface area contributed by atoms with E-state index < -0.39 is 0 Å². The third-order valence-electron chi connectivity index (χ3n) is 2.59. The van der Waals surface area contributed by atoms with E-state index in [4.69, 9.17) is 5.73 Å². The lowest BCUT2D eigenvalue weighted by atomic mass is 10.3. The van der Waals surface area contributed by atoms with Crippen LogP contribution in [-0.2, 0) is 17.9 Å². The summed E-state index contributed by atoms with van der Waals surface area (Å²) < 4.78 is 2.01. The topological polar surface area (TPSA) is 60.0 Å². The molecule has 0 bridgehead atoms. The van der Waals surface area contributed by atoms with E-state index in [9.17, 15) is 4.79 Å². The van der Waals surface area contributed by atoms with Crippen molar-refractivity contribution in [2.24, 2.45) is 5.73 Å². The highest BCUT2D eigenvalue weighted by atomic mass is 16.1. The molecule has 0 aliphatic heterocycles. The van der Waals surface area contributed by atoms with Crippen LogP contribution in [0.3, 0.4) is 0 Å². The molecule has 1 amide bonds. The fourth-order valence-electron chi connectivity index (χ4n) is 1.51. The van der Waals surface area contributed by atoms with Gasteiger partial charge in [0.05, 0.1) is 0 Å². The monoisotopic (exact) mass is 207 g/mol. The average Bonchev–Trinajstić information content (AvgIpc) is 2.92. The largest absolute Gasteiger partial charge is 0.353 e. The SMILES string of the molecule is NCc1ccn(CCC(=O)NC2CC2)c1. The summed E-state index contributed by atoms with van der Waals surface area (Å²) in [5.74, 6) is 0.153. The van der Waals surface area contributed by atoms with Crippen molar-refractivity contribution >= 4 is 5.91 Å². The Balaban J connectivity index is 1.73. The van der Waals surface area contributed by atoms with Crippen molar-refractivity contribution in [3.8, 4) is 0 Å². The van der Waals surface area contributed by atoms with Gasteiger partial charge in [-0.3, -0.25) is 4.79 Å². The van der Waals surface area contributed by atoms with Gasteiger partial charge >= 0.3 is 0 Å². The molecule has 0 atom stereocenters. The summed E-state index contributed by atoms with van der Waals surface area (Å²) in [6.45, 7) is 1.29.